The largest absolute Gasteiger partial charge is 0.461 e. The van der Waals surface area contributed by atoms with Crippen LogP contribution in [-0.2, 0) is 9.53 Å². The topological polar surface area (TPSA) is 66.8 Å². The average Bonchev–Trinajstić information content (AvgIpc) is 2.74. The molecule has 0 amide bonds. The molecule has 0 heterocycles. The minimum Gasteiger partial charge on any atom is -0.461 e. The smallest absolute Gasteiger partial charge is 0.293 e. The molecule has 5 fully saturated rings. The van der Waals surface area contributed by atoms with E-state index in [9.17, 15) is 15.0 Å². The molecular formula is C30H50O4. The Bertz CT molecular complexity index is 836. The Balaban J connectivity index is 1.57. The van der Waals surface area contributed by atoms with Crippen molar-refractivity contribution in [2.45, 2.75) is 130 Å². The summed E-state index contributed by atoms with van der Waals surface area (Å²) in [6, 6.07) is 0. The van der Waals surface area contributed by atoms with Gasteiger partial charge in [-0.2, -0.15) is 0 Å². The molecule has 5 saturated carbocycles. The highest BCUT2D eigenvalue weighted by Gasteiger charge is 2.72. The monoisotopic (exact) mass is 474 g/mol. The van der Waals surface area contributed by atoms with Crippen LogP contribution in [0.15, 0.2) is 0 Å². The van der Waals surface area contributed by atoms with E-state index in [1.165, 1.54) is 6.42 Å². The lowest BCUT2D eigenvalue weighted by Gasteiger charge is -2.74. The molecule has 0 radical (unpaired) electrons. The fraction of sp³-hybridized carbons (Fsp3) is 0.967. The van der Waals surface area contributed by atoms with Crippen LogP contribution in [0, 0.1) is 50.7 Å². The second-order valence-corrected chi connectivity index (χ2v) is 15.4. The quantitative estimate of drug-likeness (QED) is 0.473. The fourth-order valence-electron chi connectivity index (χ4n) is 11.3. The van der Waals surface area contributed by atoms with Gasteiger partial charge in [0, 0.05) is 5.92 Å². The third-order valence-corrected chi connectivity index (χ3v) is 13.4. The second-order valence-electron chi connectivity index (χ2n) is 15.4. The number of aliphatic hydroxyl groups is 2. The number of ether oxygens (including phenoxy) is 1. The van der Waals surface area contributed by atoms with Gasteiger partial charge in [0.05, 0.1) is 12.2 Å². The van der Waals surface area contributed by atoms with Crippen LogP contribution in [0.3, 0.4) is 0 Å². The van der Waals surface area contributed by atoms with Crippen LogP contribution in [0.5, 0.6) is 0 Å². The molecule has 4 nitrogen and oxygen atoms in total. The zero-order chi connectivity index (χ0) is 24.9. The van der Waals surface area contributed by atoms with Crippen molar-refractivity contribution < 1.29 is 19.7 Å². The van der Waals surface area contributed by atoms with Crippen LogP contribution in [0.4, 0.5) is 0 Å². The summed E-state index contributed by atoms with van der Waals surface area (Å²) in [6.07, 6.45) is 9.52. The first kappa shape index (κ1) is 25.1. The summed E-state index contributed by atoms with van der Waals surface area (Å²) in [5.74, 6) is 1.34. The summed E-state index contributed by atoms with van der Waals surface area (Å²) in [7, 11) is 0. The maximum atomic E-state index is 12.0. The third-order valence-electron chi connectivity index (χ3n) is 13.4. The van der Waals surface area contributed by atoms with Crippen LogP contribution in [0.25, 0.3) is 0 Å². The van der Waals surface area contributed by atoms with Gasteiger partial charge in [0.25, 0.3) is 6.47 Å². The van der Waals surface area contributed by atoms with Crippen molar-refractivity contribution in [3.63, 3.8) is 0 Å². The number of rotatable bonds is 2. The van der Waals surface area contributed by atoms with Crippen molar-refractivity contribution in [2.24, 2.45) is 50.7 Å². The Hall–Kier alpha value is -0.610. The van der Waals surface area contributed by atoms with Gasteiger partial charge in [-0.3, -0.25) is 4.79 Å². The number of carbonyl (C=O) groups excluding carboxylic acids is 1. The Morgan fingerprint density at radius 3 is 2.15 bits per heavy atom. The normalized spacial score (nSPS) is 55.7. The van der Waals surface area contributed by atoms with Crippen molar-refractivity contribution in [3.8, 4) is 0 Å². The van der Waals surface area contributed by atoms with Gasteiger partial charge in [-0.1, -0.05) is 48.5 Å². The maximum absolute atomic E-state index is 12.0. The van der Waals surface area contributed by atoms with Crippen molar-refractivity contribution in [2.75, 3.05) is 0 Å². The predicted molar refractivity (Wildman–Crippen MR) is 134 cm³/mol. The molecule has 0 saturated heterocycles. The predicted octanol–water partition coefficient (Wildman–Crippen LogP) is 6.13. The number of carbonyl (C=O) groups is 1. The van der Waals surface area contributed by atoms with Crippen molar-refractivity contribution in [3.05, 3.63) is 0 Å². The molecule has 5 aliphatic carbocycles. The Morgan fingerprint density at radius 2 is 1.47 bits per heavy atom. The molecule has 4 heteroatoms. The summed E-state index contributed by atoms with van der Waals surface area (Å²) in [5, 5.41) is 22.9. The minimum atomic E-state index is -0.399. The van der Waals surface area contributed by atoms with Gasteiger partial charge in [-0.15, -0.1) is 0 Å². The molecule has 34 heavy (non-hydrogen) atoms. The molecule has 2 N–H and O–H groups in total. The zero-order valence-electron chi connectivity index (χ0n) is 22.8. The average molecular weight is 475 g/mol. The number of aliphatic hydroxyl groups excluding tert-OH is 2. The van der Waals surface area contributed by atoms with E-state index < -0.39 is 5.60 Å². The van der Waals surface area contributed by atoms with Gasteiger partial charge in [-0.25, -0.2) is 0 Å². The van der Waals surface area contributed by atoms with E-state index in [1.807, 2.05) is 0 Å². The van der Waals surface area contributed by atoms with Crippen LogP contribution in [0.1, 0.15) is 113 Å². The molecule has 10 atom stereocenters. The molecule has 3 unspecified atom stereocenters. The summed E-state index contributed by atoms with van der Waals surface area (Å²) >= 11 is 0. The summed E-state index contributed by atoms with van der Waals surface area (Å²) in [5.41, 5.74) is 0.0497. The van der Waals surface area contributed by atoms with Gasteiger partial charge in [0.2, 0.25) is 0 Å². The molecule has 5 aliphatic rings. The molecular weight excluding hydrogens is 424 g/mol. The molecule has 0 spiro atoms. The van der Waals surface area contributed by atoms with Gasteiger partial charge in [0.15, 0.2) is 0 Å². The SMILES string of the molecule is CC1(C)CC[C@]2(OC=O)CC[C@]3(C)C(C(O)C[C@@H]4[C@@]5(C)CC[C@H](O)C(C)(C)[C@@H]5CC[C@]43C)C2C1. The van der Waals surface area contributed by atoms with Crippen molar-refractivity contribution in [1.29, 1.82) is 0 Å². The molecule has 0 aliphatic heterocycles. The van der Waals surface area contributed by atoms with E-state index in [1.54, 1.807) is 0 Å². The summed E-state index contributed by atoms with van der Waals surface area (Å²) in [6.45, 7) is 17.5. The minimum absolute atomic E-state index is 0.0251. The number of fused-ring (bicyclic) bond motifs is 7. The zero-order valence-corrected chi connectivity index (χ0v) is 22.8. The van der Waals surface area contributed by atoms with E-state index in [0.29, 0.717) is 18.3 Å². The van der Waals surface area contributed by atoms with E-state index >= 15 is 0 Å². The molecule has 0 aromatic rings. The third kappa shape index (κ3) is 3.06. The lowest BCUT2D eigenvalue weighted by molar-refractivity contribution is -0.288. The lowest BCUT2D eigenvalue weighted by Crippen LogP contribution is -2.71. The molecule has 0 aromatic carbocycles. The first-order valence-electron chi connectivity index (χ1n) is 14.1. The van der Waals surface area contributed by atoms with Gasteiger partial charge in [0.1, 0.15) is 5.60 Å². The van der Waals surface area contributed by atoms with Crippen LogP contribution >= 0.6 is 0 Å². The molecule has 0 aromatic heterocycles. The maximum Gasteiger partial charge on any atom is 0.293 e. The first-order chi connectivity index (χ1) is 15.7. The lowest BCUT2D eigenvalue weighted by atomic mass is 9.32. The van der Waals surface area contributed by atoms with Crippen LogP contribution in [0.2, 0.25) is 0 Å². The van der Waals surface area contributed by atoms with Crippen LogP contribution < -0.4 is 0 Å². The van der Waals surface area contributed by atoms with E-state index in [-0.39, 0.29) is 51.1 Å². The number of hydrogen-bond donors (Lipinski definition) is 2. The highest BCUT2D eigenvalue weighted by atomic mass is 16.5. The highest BCUT2D eigenvalue weighted by molar-refractivity contribution is 5.39. The standard InChI is InChI=1S/C30H50O4/c1-25(2)12-14-30(34-18-31)15-13-29(7)24(19(30)17-25)20(32)16-22-27(5)10-9-23(33)26(3,4)21(27)8-11-28(22,29)6/h18-24,32-33H,8-17H2,1-7H3/t19?,20?,21-,22+,23-,24?,27-,28+,29+,30-/m0/s1. The van der Waals surface area contributed by atoms with E-state index in [4.69, 9.17) is 4.74 Å². The Kier molecular flexibility index (Phi) is 5.50. The summed E-state index contributed by atoms with van der Waals surface area (Å²) in [4.78, 5) is 11.7. The van der Waals surface area contributed by atoms with Crippen molar-refractivity contribution in [1.82, 2.24) is 0 Å². The van der Waals surface area contributed by atoms with Crippen LogP contribution in [-0.4, -0.2) is 34.5 Å². The number of hydrogen-bond acceptors (Lipinski definition) is 4. The Morgan fingerprint density at radius 1 is 0.794 bits per heavy atom. The second kappa shape index (κ2) is 7.46. The first-order valence-corrected chi connectivity index (χ1v) is 14.1. The van der Waals surface area contributed by atoms with Gasteiger partial charge >= 0.3 is 0 Å². The van der Waals surface area contributed by atoms with Crippen molar-refractivity contribution >= 4 is 6.47 Å². The van der Waals surface area contributed by atoms with Gasteiger partial charge in [-0.05, 0) is 109 Å². The fourth-order valence-corrected chi connectivity index (χ4v) is 11.3. The molecule has 194 valence electrons. The van der Waals surface area contributed by atoms with E-state index in [2.05, 4.69) is 48.5 Å². The highest BCUT2D eigenvalue weighted by Crippen LogP contribution is 2.76. The van der Waals surface area contributed by atoms with E-state index in [0.717, 1.165) is 57.8 Å². The van der Waals surface area contributed by atoms with Gasteiger partial charge < -0.3 is 14.9 Å². The Labute approximate surface area is 207 Å². The molecule has 0 bridgehead atoms. The molecule has 5 rings (SSSR count). The summed E-state index contributed by atoms with van der Waals surface area (Å²) < 4.78 is 6.00.